The minimum absolute atomic E-state index is 0.358. The van der Waals surface area contributed by atoms with Crippen LogP contribution in [0.1, 0.15) is 11.4 Å². The Kier molecular flexibility index (Phi) is 4.28. The van der Waals surface area contributed by atoms with Crippen molar-refractivity contribution in [3.63, 3.8) is 0 Å². The van der Waals surface area contributed by atoms with Crippen LogP contribution in [-0.2, 0) is 13.1 Å². The van der Waals surface area contributed by atoms with Gasteiger partial charge in [0.25, 0.3) is 0 Å². The van der Waals surface area contributed by atoms with Gasteiger partial charge in [0, 0.05) is 24.3 Å². The van der Waals surface area contributed by atoms with Crippen LogP contribution in [0.3, 0.4) is 0 Å². The van der Waals surface area contributed by atoms with E-state index in [0.717, 1.165) is 16.8 Å². The predicted molar refractivity (Wildman–Crippen MR) is 76.2 cm³/mol. The molecule has 0 saturated heterocycles. The molecule has 0 spiro atoms. The van der Waals surface area contributed by atoms with E-state index in [1.54, 1.807) is 6.20 Å². The predicted octanol–water partition coefficient (Wildman–Crippen LogP) is 2.33. The number of nitrogens with two attached hydrogens (primary N) is 1. The number of anilines is 1. The number of benzene rings is 1. The van der Waals surface area contributed by atoms with E-state index in [1.807, 2.05) is 31.3 Å². The molecule has 4 nitrogen and oxygen atoms in total. The van der Waals surface area contributed by atoms with Gasteiger partial charge < -0.3 is 10.6 Å². The van der Waals surface area contributed by atoms with Crippen molar-refractivity contribution in [1.29, 1.82) is 0 Å². The molecule has 0 atom stereocenters. The van der Waals surface area contributed by atoms with Crippen molar-refractivity contribution >= 4 is 21.7 Å². The monoisotopic (exact) mass is 306 g/mol. The molecular weight excluding hydrogens is 292 g/mol. The van der Waals surface area contributed by atoms with Crippen molar-refractivity contribution in [2.24, 2.45) is 5.73 Å². The number of hydrogen-bond donors (Lipinski definition) is 1. The Bertz CT molecular complexity index is 530. The van der Waals surface area contributed by atoms with Gasteiger partial charge in [0.2, 0.25) is 0 Å². The van der Waals surface area contributed by atoms with Crippen molar-refractivity contribution < 1.29 is 0 Å². The summed E-state index contributed by atoms with van der Waals surface area (Å²) in [6, 6.07) is 10.0. The third-order valence-electron chi connectivity index (χ3n) is 2.63. The first-order valence-electron chi connectivity index (χ1n) is 5.67. The molecule has 1 aromatic carbocycles. The number of halogens is 1. The third kappa shape index (κ3) is 3.05. The van der Waals surface area contributed by atoms with Crippen LogP contribution in [0.25, 0.3) is 0 Å². The SMILES string of the molecule is CN(Cc1ccccc1Br)c1ccnc(CN)n1. The molecule has 0 amide bonds. The Hall–Kier alpha value is -1.46. The van der Waals surface area contributed by atoms with Gasteiger partial charge in [-0.3, -0.25) is 0 Å². The second-order valence-corrected chi connectivity index (χ2v) is 4.84. The van der Waals surface area contributed by atoms with Gasteiger partial charge in [-0.2, -0.15) is 0 Å². The van der Waals surface area contributed by atoms with Crippen molar-refractivity contribution in [3.8, 4) is 0 Å². The van der Waals surface area contributed by atoms with Crippen LogP contribution in [0, 0.1) is 0 Å². The zero-order chi connectivity index (χ0) is 13.0. The first-order chi connectivity index (χ1) is 8.70. The molecular formula is C13H15BrN4. The van der Waals surface area contributed by atoms with Crippen LogP contribution in [0.2, 0.25) is 0 Å². The minimum Gasteiger partial charge on any atom is -0.355 e. The Morgan fingerprint density at radius 3 is 2.78 bits per heavy atom. The maximum atomic E-state index is 5.54. The van der Waals surface area contributed by atoms with Gasteiger partial charge in [-0.1, -0.05) is 34.1 Å². The standard InChI is InChI=1S/C13H15BrN4/c1-18(9-10-4-2-3-5-11(10)14)13-6-7-16-12(8-15)17-13/h2-7H,8-9,15H2,1H3. The van der Waals surface area contributed by atoms with Gasteiger partial charge in [0.05, 0.1) is 6.54 Å². The topological polar surface area (TPSA) is 55.0 Å². The molecule has 1 aromatic heterocycles. The first-order valence-corrected chi connectivity index (χ1v) is 6.46. The van der Waals surface area contributed by atoms with Crippen molar-refractivity contribution in [3.05, 3.63) is 52.4 Å². The average Bonchev–Trinajstić information content (AvgIpc) is 2.41. The number of hydrogen-bond acceptors (Lipinski definition) is 4. The van der Waals surface area contributed by atoms with Crippen LogP contribution < -0.4 is 10.6 Å². The van der Waals surface area contributed by atoms with Gasteiger partial charge in [-0.05, 0) is 17.7 Å². The molecule has 1 heterocycles. The lowest BCUT2D eigenvalue weighted by molar-refractivity contribution is 0.847. The highest BCUT2D eigenvalue weighted by atomic mass is 79.9. The molecule has 0 aliphatic carbocycles. The fourth-order valence-electron chi connectivity index (χ4n) is 1.66. The molecule has 0 fully saturated rings. The summed E-state index contributed by atoms with van der Waals surface area (Å²) in [5, 5.41) is 0. The Morgan fingerprint density at radius 2 is 2.06 bits per heavy atom. The maximum absolute atomic E-state index is 5.54. The van der Waals surface area contributed by atoms with E-state index in [0.29, 0.717) is 12.4 Å². The molecule has 2 rings (SSSR count). The summed E-state index contributed by atoms with van der Waals surface area (Å²) >= 11 is 3.55. The highest BCUT2D eigenvalue weighted by Gasteiger charge is 2.06. The Labute approximate surface area is 115 Å². The first kappa shape index (κ1) is 13.0. The maximum Gasteiger partial charge on any atom is 0.144 e. The summed E-state index contributed by atoms with van der Waals surface area (Å²) in [6.45, 7) is 1.14. The fraction of sp³-hybridized carbons (Fsp3) is 0.231. The molecule has 0 radical (unpaired) electrons. The molecule has 5 heteroatoms. The largest absolute Gasteiger partial charge is 0.355 e. The summed E-state index contributed by atoms with van der Waals surface area (Å²) in [4.78, 5) is 10.6. The quantitative estimate of drug-likeness (QED) is 0.942. The lowest BCUT2D eigenvalue weighted by atomic mass is 10.2. The number of aromatic nitrogens is 2. The van der Waals surface area contributed by atoms with Gasteiger partial charge in [-0.25, -0.2) is 9.97 Å². The van der Waals surface area contributed by atoms with E-state index in [4.69, 9.17) is 5.73 Å². The summed E-state index contributed by atoms with van der Waals surface area (Å²) in [6.07, 6.45) is 1.74. The highest BCUT2D eigenvalue weighted by Crippen LogP contribution is 2.19. The van der Waals surface area contributed by atoms with Crippen LogP contribution in [0.4, 0.5) is 5.82 Å². The fourth-order valence-corrected chi connectivity index (χ4v) is 2.07. The Balaban J connectivity index is 2.16. The van der Waals surface area contributed by atoms with E-state index in [-0.39, 0.29) is 0 Å². The van der Waals surface area contributed by atoms with E-state index >= 15 is 0 Å². The van der Waals surface area contributed by atoms with Gasteiger partial charge >= 0.3 is 0 Å². The summed E-state index contributed by atoms with van der Waals surface area (Å²) in [5.41, 5.74) is 6.76. The van der Waals surface area contributed by atoms with Crippen molar-refractivity contribution in [1.82, 2.24) is 9.97 Å². The molecule has 0 aliphatic heterocycles. The van der Waals surface area contributed by atoms with E-state index in [9.17, 15) is 0 Å². The van der Waals surface area contributed by atoms with E-state index in [1.165, 1.54) is 5.56 Å². The second-order valence-electron chi connectivity index (χ2n) is 3.98. The average molecular weight is 307 g/mol. The smallest absolute Gasteiger partial charge is 0.144 e. The van der Waals surface area contributed by atoms with Crippen LogP contribution >= 0.6 is 15.9 Å². The Morgan fingerprint density at radius 1 is 1.28 bits per heavy atom. The minimum atomic E-state index is 0.358. The number of rotatable bonds is 4. The number of nitrogens with zero attached hydrogens (tertiary/aromatic N) is 3. The lowest BCUT2D eigenvalue weighted by Gasteiger charge is -2.19. The van der Waals surface area contributed by atoms with Crippen LogP contribution in [0.15, 0.2) is 41.0 Å². The molecule has 0 unspecified atom stereocenters. The molecule has 0 bridgehead atoms. The van der Waals surface area contributed by atoms with Crippen LogP contribution in [0.5, 0.6) is 0 Å². The second kappa shape index (κ2) is 5.93. The van der Waals surface area contributed by atoms with Gasteiger partial charge in [0.1, 0.15) is 11.6 Å². The van der Waals surface area contributed by atoms with E-state index < -0.39 is 0 Å². The lowest BCUT2D eigenvalue weighted by Crippen LogP contribution is -2.19. The highest BCUT2D eigenvalue weighted by molar-refractivity contribution is 9.10. The summed E-state index contributed by atoms with van der Waals surface area (Å²) < 4.78 is 1.10. The molecule has 0 saturated carbocycles. The molecule has 94 valence electrons. The zero-order valence-corrected chi connectivity index (χ0v) is 11.8. The van der Waals surface area contributed by atoms with Crippen molar-refractivity contribution in [2.45, 2.75) is 13.1 Å². The molecule has 0 aliphatic rings. The van der Waals surface area contributed by atoms with Crippen LogP contribution in [-0.4, -0.2) is 17.0 Å². The summed E-state index contributed by atoms with van der Waals surface area (Å²) in [7, 11) is 2.00. The summed E-state index contributed by atoms with van der Waals surface area (Å²) in [5.74, 6) is 1.53. The molecule has 2 N–H and O–H groups in total. The zero-order valence-electron chi connectivity index (χ0n) is 10.2. The van der Waals surface area contributed by atoms with E-state index in [2.05, 4.69) is 36.9 Å². The van der Waals surface area contributed by atoms with Gasteiger partial charge in [0.15, 0.2) is 0 Å². The molecule has 2 aromatic rings. The third-order valence-corrected chi connectivity index (χ3v) is 3.40. The molecule has 18 heavy (non-hydrogen) atoms. The normalized spacial score (nSPS) is 10.4. The van der Waals surface area contributed by atoms with Crippen molar-refractivity contribution in [2.75, 3.05) is 11.9 Å². The van der Waals surface area contributed by atoms with Gasteiger partial charge in [-0.15, -0.1) is 0 Å².